The van der Waals surface area contributed by atoms with E-state index in [0.717, 1.165) is 5.56 Å². The lowest BCUT2D eigenvalue weighted by atomic mass is 9.98. The summed E-state index contributed by atoms with van der Waals surface area (Å²) in [5.74, 6) is -1.87. The van der Waals surface area contributed by atoms with E-state index < -0.39 is 23.4 Å². The highest BCUT2D eigenvalue weighted by atomic mass is 16.6. The Hall–Kier alpha value is -3.35. The van der Waals surface area contributed by atoms with Crippen LogP contribution in [-0.4, -0.2) is 27.5 Å². The molecule has 0 spiro atoms. The maximum Gasteiger partial charge on any atom is 0.317 e. The fraction of sp³-hybridized carbons (Fsp3) is 0.167. The smallest absolute Gasteiger partial charge is 0.317 e. The van der Waals surface area contributed by atoms with Crippen LogP contribution in [0.1, 0.15) is 17.0 Å². The first kappa shape index (κ1) is 16.5. The van der Waals surface area contributed by atoms with Gasteiger partial charge in [0.25, 0.3) is 0 Å². The highest BCUT2D eigenvalue weighted by molar-refractivity contribution is 5.90. The summed E-state index contributed by atoms with van der Waals surface area (Å²) >= 11 is 0. The van der Waals surface area contributed by atoms with Gasteiger partial charge >= 0.3 is 5.97 Å². The van der Waals surface area contributed by atoms with Gasteiger partial charge in [0, 0.05) is 22.0 Å². The quantitative estimate of drug-likeness (QED) is 0.507. The number of nitro groups is 1. The van der Waals surface area contributed by atoms with Crippen molar-refractivity contribution in [2.75, 3.05) is 6.54 Å². The van der Waals surface area contributed by atoms with Crippen LogP contribution in [0.2, 0.25) is 0 Å². The van der Waals surface area contributed by atoms with Crippen molar-refractivity contribution in [3.05, 3.63) is 76.0 Å². The van der Waals surface area contributed by atoms with E-state index in [9.17, 15) is 20.0 Å². The van der Waals surface area contributed by atoms with Crippen molar-refractivity contribution >= 4 is 16.9 Å². The lowest BCUT2D eigenvalue weighted by Gasteiger charge is -2.09. The van der Waals surface area contributed by atoms with Gasteiger partial charge in [-0.05, 0) is 29.3 Å². The number of benzene rings is 2. The van der Waals surface area contributed by atoms with Gasteiger partial charge in [-0.25, -0.2) is 0 Å². The Morgan fingerprint density at radius 3 is 2.68 bits per heavy atom. The van der Waals surface area contributed by atoms with Gasteiger partial charge in [-0.3, -0.25) is 14.9 Å². The third-order valence-corrected chi connectivity index (χ3v) is 3.94. The zero-order valence-electron chi connectivity index (χ0n) is 13.2. The van der Waals surface area contributed by atoms with Crippen molar-refractivity contribution in [2.45, 2.75) is 12.5 Å². The highest BCUT2D eigenvalue weighted by Crippen LogP contribution is 2.29. The topological polar surface area (TPSA) is 105 Å². The molecule has 0 aliphatic rings. The zero-order chi connectivity index (χ0) is 17.8. The molecule has 0 radical (unpaired) electrons. The average Bonchev–Trinajstić information content (AvgIpc) is 3.01. The summed E-state index contributed by atoms with van der Waals surface area (Å²) in [5.41, 5.74) is 2.09. The summed E-state index contributed by atoms with van der Waals surface area (Å²) < 4.78 is 5.75. The minimum absolute atomic E-state index is 0.378. The Bertz CT molecular complexity index is 904. The molecule has 0 saturated heterocycles. The van der Waals surface area contributed by atoms with Crippen LogP contribution in [0.4, 0.5) is 0 Å². The normalized spacial score (nSPS) is 12.0. The highest BCUT2D eigenvalue weighted by Gasteiger charge is 2.28. The average molecular weight is 340 g/mol. The number of aromatic amines is 1. The first-order valence-electron chi connectivity index (χ1n) is 7.67. The molecule has 2 aromatic carbocycles. The third-order valence-electron chi connectivity index (χ3n) is 3.94. The van der Waals surface area contributed by atoms with Crippen LogP contribution in [0, 0.1) is 10.1 Å². The van der Waals surface area contributed by atoms with Crippen molar-refractivity contribution < 1.29 is 19.6 Å². The minimum Gasteiger partial charge on any atom is -0.489 e. The molecule has 7 nitrogen and oxygen atoms in total. The second-order valence-electron chi connectivity index (χ2n) is 5.63. The van der Waals surface area contributed by atoms with Crippen LogP contribution < -0.4 is 4.74 Å². The van der Waals surface area contributed by atoms with Gasteiger partial charge in [0.15, 0.2) is 0 Å². The molecular weight excluding hydrogens is 324 g/mol. The molecule has 0 fully saturated rings. The number of fused-ring (bicyclic) bond motifs is 1. The number of H-pyrrole nitrogens is 1. The van der Waals surface area contributed by atoms with Crippen LogP contribution in [0.15, 0.2) is 54.7 Å². The summed E-state index contributed by atoms with van der Waals surface area (Å²) in [6.45, 7) is -0.291. The van der Waals surface area contributed by atoms with E-state index in [0.29, 0.717) is 28.8 Å². The second kappa shape index (κ2) is 7.04. The molecule has 128 valence electrons. The third kappa shape index (κ3) is 3.77. The number of carboxylic acid groups (broad SMARTS) is 1. The molecule has 0 aliphatic heterocycles. The first-order chi connectivity index (χ1) is 12.0. The standard InChI is InChI=1S/C18H16N2O5/c21-18(22)16(10-20(23)24)15-9-19-17-7-6-13(8-14(15)17)25-11-12-4-2-1-3-5-12/h1-9,16,19H,10-11H2,(H,21,22)/t16-/m0/s1. The molecule has 1 heterocycles. The van der Waals surface area contributed by atoms with Crippen LogP contribution in [0.5, 0.6) is 5.75 Å². The summed E-state index contributed by atoms with van der Waals surface area (Å²) in [5, 5.41) is 20.7. The van der Waals surface area contributed by atoms with Crippen LogP contribution >= 0.6 is 0 Å². The van der Waals surface area contributed by atoms with Crippen LogP contribution in [0.3, 0.4) is 0 Å². The van der Waals surface area contributed by atoms with Gasteiger partial charge in [0.1, 0.15) is 18.3 Å². The molecule has 0 saturated carbocycles. The Labute approximate surface area is 143 Å². The van der Waals surface area contributed by atoms with E-state index in [1.807, 2.05) is 30.3 Å². The van der Waals surface area contributed by atoms with Crippen molar-refractivity contribution in [1.82, 2.24) is 4.98 Å². The molecule has 7 heteroatoms. The summed E-state index contributed by atoms with van der Waals surface area (Å²) in [6, 6.07) is 14.9. The second-order valence-corrected chi connectivity index (χ2v) is 5.63. The molecular formula is C18H16N2O5. The zero-order valence-corrected chi connectivity index (χ0v) is 13.2. The molecule has 0 amide bonds. The van der Waals surface area contributed by atoms with E-state index in [4.69, 9.17) is 4.74 Å². The molecule has 1 aromatic heterocycles. The van der Waals surface area contributed by atoms with Crippen molar-refractivity contribution in [3.8, 4) is 5.75 Å². The molecule has 25 heavy (non-hydrogen) atoms. The Morgan fingerprint density at radius 2 is 2.00 bits per heavy atom. The number of aliphatic carboxylic acids is 1. The maximum absolute atomic E-state index is 11.4. The molecule has 0 aliphatic carbocycles. The lowest BCUT2D eigenvalue weighted by molar-refractivity contribution is -0.481. The van der Waals surface area contributed by atoms with Crippen molar-refractivity contribution in [2.24, 2.45) is 0 Å². The summed E-state index contributed by atoms with van der Waals surface area (Å²) in [6.07, 6.45) is 1.51. The van der Waals surface area contributed by atoms with E-state index in [1.54, 1.807) is 18.2 Å². The number of nitrogens with zero attached hydrogens (tertiary/aromatic N) is 1. The monoisotopic (exact) mass is 340 g/mol. The molecule has 3 rings (SSSR count). The molecule has 1 atom stereocenters. The summed E-state index contributed by atoms with van der Waals surface area (Å²) in [7, 11) is 0. The predicted molar refractivity (Wildman–Crippen MR) is 91.3 cm³/mol. The van der Waals surface area contributed by atoms with Gasteiger partial charge in [0.2, 0.25) is 6.54 Å². The van der Waals surface area contributed by atoms with Crippen LogP contribution in [0.25, 0.3) is 10.9 Å². The van der Waals surface area contributed by atoms with Crippen molar-refractivity contribution in [3.63, 3.8) is 0 Å². The fourth-order valence-electron chi connectivity index (χ4n) is 2.70. The Morgan fingerprint density at radius 1 is 1.24 bits per heavy atom. The molecule has 2 N–H and O–H groups in total. The molecule has 0 unspecified atom stereocenters. The fourth-order valence-corrected chi connectivity index (χ4v) is 2.70. The van der Waals surface area contributed by atoms with E-state index in [-0.39, 0.29) is 0 Å². The number of nitrogens with one attached hydrogen (secondary N) is 1. The number of carbonyl (C=O) groups is 1. The van der Waals surface area contributed by atoms with E-state index in [2.05, 4.69) is 4.98 Å². The van der Waals surface area contributed by atoms with Gasteiger partial charge in [-0.1, -0.05) is 30.3 Å². The molecule has 0 bridgehead atoms. The Balaban J connectivity index is 1.88. The first-order valence-corrected chi connectivity index (χ1v) is 7.67. The van der Waals surface area contributed by atoms with Gasteiger partial charge in [0.05, 0.1) is 0 Å². The number of aromatic nitrogens is 1. The number of hydrogen-bond acceptors (Lipinski definition) is 4. The van der Waals surface area contributed by atoms with Gasteiger partial charge in [-0.15, -0.1) is 0 Å². The van der Waals surface area contributed by atoms with E-state index >= 15 is 0 Å². The number of rotatable bonds is 7. The number of ether oxygens (including phenoxy) is 1. The van der Waals surface area contributed by atoms with Gasteiger partial charge in [-0.2, -0.15) is 0 Å². The van der Waals surface area contributed by atoms with E-state index in [1.165, 1.54) is 6.20 Å². The minimum atomic E-state index is -1.23. The Kier molecular flexibility index (Phi) is 4.65. The lowest BCUT2D eigenvalue weighted by Crippen LogP contribution is -2.20. The number of hydrogen-bond donors (Lipinski definition) is 2. The van der Waals surface area contributed by atoms with Gasteiger partial charge < -0.3 is 14.8 Å². The largest absolute Gasteiger partial charge is 0.489 e. The molecule has 3 aromatic rings. The van der Waals surface area contributed by atoms with Crippen molar-refractivity contribution in [1.29, 1.82) is 0 Å². The number of carboxylic acids is 1. The summed E-state index contributed by atoms with van der Waals surface area (Å²) in [4.78, 5) is 24.5. The maximum atomic E-state index is 11.4. The van der Waals surface area contributed by atoms with Crippen LogP contribution in [-0.2, 0) is 11.4 Å². The SMILES string of the molecule is O=C(O)[C@@H](C[N+](=O)[O-])c1c[nH]c2ccc(OCc3ccccc3)cc12. The predicted octanol–water partition coefficient (Wildman–Crippen LogP) is 3.19.